The number of nitrogens with zero attached hydrogens (tertiary/aromatic N) is 1. The van der Waals surface area contributed by atoms with Crippen LogP contribution in [0.5, 0.6) is 5.75 Å². The average molecular weight is 454 g/mol. The molecule has 0 aliphatic carbocycles. The Balaban J connectivity index is 1.90. The Labute approximate surface area is 149 Å². The van der Waals surface area contributed by atoms with Crippen molar-refractivity contribution in [2.24, 2.45) is 0 Å². The summed E-state index contributed by atoms with van der Waals surface area (Å²) >= 11 is 14.2. The third kappa shape index (κ3) is 4.45. The highest BCUT2D eigenvalue weighted by Gasteiger charge is 2.17. The molecule has 0 radical (unpaired) electrons. The molecule has 0 saturated carbocycles. The van der Waals surface area contributed by atoms with E-state index >= 15 is 0 Å². The molecule has 0 spiro atoms. The molecule has 1 heterocycles. The summed E-state index contributed by atoms with van der Waals surface area (Å²) in [7, 11) is 1.75. The second kappa shape index (κ2) is 7.63. The molecule has 3 nitrogen and oxygen atoms in total. The molecular weight excluding hydrogens is 441 g/mol. The molecule has 7 heteroatoms. The minimum Gasteiger partial charge on any atom is -0.490 e. The zero-order valence-corrected chi connectivity index (χ0v) is 15.9. The first-order valence-electron chi connectivity index (χ1n) is 6.06. The van der Waals surface area contributed by atoms with Crippen LogP contribution in [0, 0.1) is 0 Å². The lowest BCUT2D eigenvalue weighted by Gasteiger charge is -2.17. The van der Waals surface area contributed by atoms with Crippen molar-refractivity contribution in [3.8, 4) is 5.75 Å². The van der Waals surface area contributed by atoms with Crippen molar-refractivity contribution in [1.82, 2.24) is 4.90 Å². The van der Waals surface area contributed by atoms with Crippen LogP contribution >= 0.6 is 54.8 Å². The lowest BCUT2D eigenvalue weighted by atomic mass is 10.3. The molecule has 0 unspecified atom stereocenters. The smallest absolute Gasteiger partial charge is 0.255 e. The molecule has 0 bridgehead atoms. The van der Waals surface area contributed by atoms with Gasteiger partial charge < -0.3 is 9.64 Å². The first kappa shape index (κ1) is 16.8. The van der Waals surface area contributed by atoms with Crippen molar-refractivity contribution in [2.45, 2.75) is 0 Å². The molecule has 0 atom stereocenters. The van der Waals surface area contributed by atoms with Crippen LogP contribution in [-0.2, 0) is 0 Å². The number of ether oxygens (including phenoxy) is 1. The number of carbonyl (C=O) groups excluding carboxylic acids is 1. The Morgan fingerprint density at radius 1 is 1.38 bits per heavy atom. The van der Waals surface area contributed by atoms with E-state index in [0.29, 0.717) is 29.5 Å². The van der Waals surface area contributed by atoms with E-state index in [9.17, 15) is 4.79 Å². The van der Waals surface area contributed by atoms with E-state index in [0.717, 1.165) is 7.57 Å². The van der Waals surface area contributed by atoms with E-state index in [1.165, 1.54) is 11.3 Å². The van der Waals surface area contributed by atoms with E-state index in [4.69, 9.17) is 16.3 Å². The molecule has 0 N–H and O–H groups in total. The van der Waals surface area contributed by atoms with Crippen molar-refractivity contribution in [3.63, 3.8) is 0 Å². The summed E-state index contributed by atoms with van der Waals surface area (Å²) in [5, 5.41) is 0.566. The number of para-hydroxylation sites is 1. The Morgan fingerprint density at radius 3 is 2.71 bits per heavy atom. The highest BCUT2D eigenvalue weighted by Crippen LogP contribution is 2.32. The van der Waals surface area contributed by atoms with Gasteiger partial charge in [0.2, 0.25) is 0 Å². The standard InChI is InChI=1S/C14H12Br2ClNO2S/c1-18(14(19)9-8-12(15)21-13(9)16)6-7-20-11-5-3-2-4-10(11)17/h2-5,8H,6-7H2,1H3. The number of amides is 1. The molecule has 112 valence electrons. The number of carbonyl (C=O) groups is 1. The van der Waals surface area contributed by atoms with E-state index in [2.05, 4.69) is 31.9 Å². The minimum absolute atomic E-state index is 0.0495. The van der Waals surface area contributed by atoms with Gasteiger partial charge in [-0.15, -0.1) is 11.3 Å². The summed E-state index contributed by atoms with van der Waals surface area (Å²) in [5.74, 6) is 0.575. The average Bonchev–Trinajstić information content (AvgIpc) is 2.79. The van der Waals surface area contributed by atoms with Crippen molar-refractivity contribution in [2.75, 3.05) is 20.2 Å². The third-order valence-electron chi connectivity index (χ3n) is 2.75. The normalized spacial score (nSPS) is 10.5. The van der Waals surface area contributed by atoms with E-state index in [1.807, 2.05) is 18.2 Å². The number of hydrogen-bond acceptors (Lipinski definition) is 3. The van der Waals surface area contributed by atoms with Crippen LogP contribution in [0.3, 0.4) is 0 Å². The fraction of sp³-hybridized carbons (Fsp3) is 0.214. The Morgan fingerprint density at radius 2 is 2.10 bits per heavy atom. The van der Waals surface area contributed by atoms with Crippen LogP contribution in [0.25, 0.3) is 0 Å². The molecule has 21 heavy (non-hydrogen) atoms. The van der Waals surface area contributed by atoms with E-state index in [1.54, 1.807) is 24.1 Å². The summed E-state index contributed by atoms with van der Waals surface area (Å²) in [4.78, 5) is 13.9. The third-order valence-corrected chi connectivity index (χ3v) is 5.41. The van der Waals surface area contributed by atoms with E-state index in [-0.39, 0.29) is 5.91 Å². The summed E-state index contributed by atoms with van der Waals surface area (Å²) in [5.41, 5.74) is 0.645. The van der Waals surface area contributed by atoms with Gasteiger partial charge in [0.15, 0.2) is 0 Å². The van der Waals surface area contributed by atoms with Crippen LogP contribution in [0.4, 0.5) is 0 Å². The molecule has 2 aromatic rings. The molecule has 0 aliphatic heterocycles. The van der Waals surface area contributed by atoms with Crippen molar-refractivity contribution in [1.29, 1.82) is 0 Å². The second-order valence-corrected chi connectivity index (χ2v) is 8.40. The van der Waals surface area contributed by atoms with Crippen molar-refractivity contribution in [3.05, 3.63) is 48.5 Å². The molecule has 1 aromatic carbocycles. The first-order valence-corrected chi connectivity index (χ1v) is 8.84. The fourth-order valence-corrected chi connectivity index (χ4v) is 4.62. The molecule has 1 amide bonds. The van der Waals surface area contributed by atoms with Crippen LogP contribution in [0.2, 0.25) is 5.02 Å². The van der Waals surface area contributed by atoms with Crippen LogP contribution in [0.1, 0.15) is 10.4 Å². The number of likely N-dealkylation sites (N-methyl/N-ethyl adjacent to an activating group) is 1. The van der Waals surface area contributed by atoms with Crippen molar-refractivity contribution >= 4 is 60.7 Å². The van der Waals surface area contributed by atoms with Crippen LogP contribution in [-0.4, -0.2) is 31.0 Å². The largest absolute Gasteiger partial charge is 0.490 e. The van der Waals surface area contributed by atoms with Crippen LogP contribution < -0.4 is 4.74 Å². The number of hydrogen-bond donors (Lipinski definition) is 0. The number of halogens is 3. The number of thiophene rings is 1. The van der Waals surface area contributed by atoms with Gasteiger partial charge in [-0.1, -0.05) is 23.7 Å². The maximum Gasteiger partial charge on any atom is 0.255 e. The maximum absolute atomic E-state index is 12.3. The van der Waals surface area contributed by atoms with Gasteiger partial charge in [0.1, 0.15) is 12.4 Å². The minimum atomic E-state index is -0.0495. The van der Waals surface area contributed by atoms with Crippen LogP contribution in [0.15, 0.2) is 37.9 Å². The first-order chi connectivity index (χ1) is 9.99. The molecule has 0 saturated heterocycles. The predicted molar refractivity (Wildman–Crippen MR) is 93.6 cm³/mol. The quantitative estimate of drug-likeness (QED) is 0.632. The second-order valence-electron chi connectivity index (χ2n) is 4.24. The number of rotatable bonds is 5. The Hall–Kier alpha value is -0.560. The van der Waals surface area contributed by atoms with Gasteiger partial charge in [0.25, 0.3) is 5.91 Å². The Bertz CT molecular complexity index is 648. The molecular formula is C14H12Br2ClNO2S. The fourth-order valence-electron chi connectivity index (χ4n) is 1.65. The molecule has 0 aliphatic rings. The zero-order valence-electron chi connectivity index (χ0n) is 11.1. The van der Waals surface area contributed by atoms with Gasteiger partial charge in [-0.3, -0.25) is 4.79 Å². The lowest BCUT2D eigenvalue weighted by molar-refractivity contribution is 0.0773. The Kier molecular flexibility index (Phi) is 6.10. The van der Waals surface area contributed by atoms with Gasteiger partial charge >= 0.3 is 0 Å². The lowest BCUT2D eigenvalue weighted by Crippen LogP contribution is -2.30. The van der Waals surface area contributed by atoms with E-state index < -0.39 is 0 Å². The summed E-state index contributed by atoms with van der Waals surface area (Å²) in [6.45, 7) is 0.860. The predicted octanol–water partition coefficient (Wildman–Crippen LogP) is 5.08. The topological polar surface area (TPSA) is 29.5 Å². The molecule has 1 aromatic heterocycles. The summed E-state index contributed by atoms with van der Waals surface area (Å²) in [6.07, 6.45) is 0. The molecule has 2 rings (SSSR count). The van der Waals surface area contributed by atoms with Crippen molar-refractivity contribution < 1.29 is 9.53 Å². The van der Waals surface area contributed by atoms with Gasteiger partial charge in [-0.2, -0.15) is 0 Å². The maximum atomic E-state index is 12.3. The highest BCUT2D eigenvalue weighted by molar-refractivity contribution is 9.12. The van der Waals surface area contributed by atoms with Gasteiger partial charge in [-0.05, 0) is 50.1 Å². The zero-order chi connectivity index (χ0) is 15.4. The summed E-state index contributed by atoms with van der Waals surface area (Å²) in [6, 6.07) is 9.08. The van der Waals surface area contributed by atoms with Gasteiger partial charge in [-0.25, -0.2) is 0 Å². The highest BCUT2D eigenvalue weighted by atomic mass is 79.9. The SMILES string of the molecule is CN(CCOc1ccccc1Cl)C(=O)c1cc(Br)sc1Br. The molecule has 0 fully saturated rings. The van der Waals surface area contributed by atoms with Gasteiger partial charge in [0, 0.05) is 7.05 Å². The summed E-state index contributed by atoms with van der Waals surface area (Å²) < 4.78 is 7.32. The van der Waals surface area contributed by atoms with Gasteiger partial charge in [0.05, 0.1) is 24.7 Å². The number of benzene rings is 1. The monoisotopic (exact) mass is 451 g/mol.